The molecule has 118 valence electrons. The van der Waals surface area contributed by atoms with Gasteiger partial charge < -0.3 is 20.4 Å². The monoisotopic (exact) mass is 308 g/mol. The van der Waals surface area contributed by atoms with Crippen LogP contribution < -0.4 is 11.0 Å². The molecule has 6 N–H and O–H groups in total. The Morgan fingerprint density at radius 1 is 1.32 bits per heavy atom. The van der Waals surface area contributed by atoms with Crippen LogP contribution in [-0.2, 0) is 0 Å². The maximum atomic E-state index is 11.8. The Balaban J connectivity index is 2.08. The summed E-state index contributed by atoms with van der Waals surface area (Å²) in [6, 6.07) is 6.74. The van der Waals surface area contributed by atoms with Gasteiger partial charge >= 0.3 is 0 Å². The second-order valence-corrected chi connectivity index (χ2v) is 4.55. The van der Waals surface area contributed by atoms with E-state index in [0.29, 0.717) is 10.9 Å². The van der Waals surface area contributed by atoms with E-state index in [1.807, 2.05) is 0 Å². The number of anilines is 1. The first-order chi connectivity index (χ1) is 10.5. The first-order valence-corrected chi connectivity index (χ1v) is 6.46. The number of nitrogens with zero attached hydrogens (tertiary/aromatic N) is 2. The Labute approximate surface area is 124 Å². The number of hydrogen-bond donors (Lipinski definition) is 6. The van der Waals surface area contributed by atoms with E-state index < -0.39 is 24.9 Å². The van der Waals surface area contributed by atoms with Crippen LogP contribution in [-0.4, -0.2) is 61.5 Å². The Morgan fingerprint density at radius 2 is 2.05 bits per heavy atom. The summed E-state index contributed by atoms with van der Waals surface area (Å²) >= 11 is 0. The normalized spacial score (nSPS) is 15.8. The number of hydrogen-bond acceptors (Lipinski definition) is 8. The van der Waals surface area contributed by atoms with Gasteiger partial charge in [-0.3, -0.25) is 9.78 Å². The molecule has 0 aliphatic carbocycles. The zero-order valence-corrected chi connectivity index (χ0v) is 11.4. The molecule has 2 aromatic rings. The minimum absolute atomic E-state index is 0.0596. The average Bonchev–Trinajstić information content (AvgIpc) is 2.53. The molecular weight excluding hydrogens is 292 g/mol. The Bertz CT molecular complexity index is 717. The Morgan fingerprint density at radius 3 is 2.77 bits per heavy atom. The highest BCUT2D eigenvalue weighted by atomic mass is 16.4. The van der Waals surface area contributed by atoms with Crippen molar-refractivity contribution in [3.63, 3.8) is 0 Å². The van der Waals surface area contributed by atoms with Crippen molar-refractivity contribution in [1.29, 1.82) is 0 Å². The number of fused-ring (bicyclic) bond motifs is 1. The van der Waals surface area contributed by atoms with Crippen molar-refractivity contribution in [2.24, 2.45) is 5.10 Å². The van der Waals surface area contributed by atoms with Gasteiger partial charge in [0.15, 0.2) is 0 Å². The number of H-pyrrole nitrogens is 1. The molecular formula is C13H16N4O5. The molecule has 0 saturated heterocycles. The molecule has 0 aliphatic rings. The summed E-state index contributed by atoms with van der Waals surface area (Å²) in [4.78, 5) is 18.4. The van der Waals surface area contributed by atoms with Crippen molar-refractivity contribution in [2.45, 2.75) is 18.3 Å². The van der Waals surface area contributed by atoms with E-state index >= 15 is 0 Å². The third-order valence-corrected chi connectivity index (χ3v) is 2.94. The van der Waals surface area contributed by atoms with Gasteiger partial charge in [0.25, 0.3) is 5.56 Å². The van der Waals surface area contributed by atoms with Crippen molar-refractivity contribution >= 4 is 23.1 Å². The number of aliphatic hydroxyl groups is 4. The van der Waals surface area contributed by atoms with Gasteiger partial charge in [0.1, 0.15) is 18.3 Å². The molecule has 1 heterocycles. The SMILES string of the molecule is O=c1[nH]c(N/N=C/[C@@H](O)[C@H](O)[C@H](O)CO)nc2ccccc12. The lowest BCUT2D eigenvalue weighted by atomic mass is 10.1. The third kappa shape index (κ3) is 3.65. The number of para-hydroxylation sites is 1. The van der Waals surface area contributed by atoms with E-state index in [0.717, 1.165) is 6.21 Å². The summed E-state index contributed by atoms with van der Waals surface area (Å²) in [6.07, 6.45) is -3.65. The van der Waals surface area contributed by atoms with Gasteiger partial charge in [-0.25, -0.2) is 10.4 Å². The largest absolute Gasteiger partial charge is 0.394 e. The maximum Gasteiger partial charge on any atom is 0.260 e. The van der Waals surface area contributed by atoms with Crippen molar-refractivity contribution in [3.8, 4) is 0 Å². The zero-order valence-electron chi connectivity index (χ0n) is 11.4. The molecule has 1 aromatic heterocycles. The first kappa shape index (κ1) is 16.0. The van der Waals surface area contributed by atoms with E-state index in [1.54, 1.807) is 24.3 Å². The number of hydrazone groups is 1. The molecule has 0 bridgehead atoms. The van der Waals surface area contributed by atoms with Crippen molar-refractivity contribution in [3.05, 3.63) is 34.6 Å². The molecule has 22 heavy (non-hydrogen) atoms. The minimum atomic E-state index is -1.58. The lowest BCUT2D eigenvalue weighted by Gasteiger charge is -2.17. The van der Waals surface area contributed by atoms with Crippen molar-refractivity contribution in [2.75, 3.05) is 12.0 Å². The van der Waals surface area contributed by atoms with Gasteiger partial charge in [-0.15, -0.1) is 0 Å². The van der Waals surface area contributed by atoms with E-state index in [2.05, 4.69) is 20.5 Å². The van der Waals surface area contributed by atoms with Gasteiger partial charge in [0.05, 0.1) is 23.7 Å². The zero-order chi connectivity index (χ0) is 16.1. The van der Waals surface area contributed by atoms with E-state index in [4.69, 9.17) is 10.2 Å². The fraction of sp³-hybridized carbons (Fsp3) is 0.308. The molecule has 0 amide bonds. The Kier molecular flexibility index (Phi) is 5.17. The summed E-state index contributed by atoms with van der Waals surface area (Å²) < 4.78 is 0. The van der Waals surface area contributed by atoms with E-state index in [-0.39, 0.29) is 11.5 Å². The Hall–Kier alpha value is -2.33. The molecule has 9 heteroatoms. The number of aliphatic hydroxyl groups excluding tert-OH is 4. The molecule has 9 nitrogen and oxygen atoms in total. The molecule has 0 fully saturated rings. The van der Waals surface area contributed by atoms with Crippen LogP contribution >= 0.6 is 0 Å². The van der Waals surface area contributed by atoms with Crippen LogP contribution in [0, 0.1) is 0 Å². The molecule has 0 aliphatic heterocycles. The highest BCUT2D eigenvalue weighted by Crippen LogP contribution is 2.07. The molecule has 1 aromatic carbocycles. The third-order valence-electron chi connectivity index (χ3n) is 2.94. The molecule has 0 unspecified atom stereocenters. The van der Waals surface area contributed by atoms with Crippen LogP contribution in [0.25, 0.3) is 10.9 Å². The fourth-order valence-corrected chi connectivity index (χ4v) is 1.74. The van der Waals surface area contributed by atoms with Crippen LogP contribution in [0.2, 0.25) is 0 Å². The second-order valence-electron chi connectivity index (χ2n) is 4.55. The summed E-state index contributed by atoms with van der Waals surface area (Å²) in [6.45, 7) is -0.695. The van der Waals surface area contributed by atoms with Gasteiger partial charge in [-0.2, -0.15) is 5.10 Å². The van der Waals surface area contributed by atoms with Gasteiger partial charge in [0, 0.05) is 0 Å². The van der Waals surface area contributed by atoms with Crippen molar-refractivity contribution in [1.82, 2.24) is 9.97 Å². The fourth-order valence-electron chi connectivity index (χ4n) is 1.74. The standard InChI is InChI=1S/C13H16N4O5/c18-6-10(20)11(21)9(19)5-14-17-13-15-8-4-2-1-3-7(8)12(22)16-13/h1-5,9-11,18-21H,6H2,(H2,15,16,17,22)/b14-5+/t9-,10-,11+/m1/s1. The molecule has 3 atom stereocenters. The van der Waals surface area contributed by atoms with Gasteiger partial charge in [-0.05, 0) is 12.1 Å². The van der Waals surface area contributed by atoms with Crippen LogP contribution in [0.15, 0.2) is 34.2 Å². The maximum absolute atomic E-state index is 11.8. The van der Waals surface area contributed by atoms with E-state index in [9.17, 15) is 15.0 Å². The lowest BCUT2D eigenvalue weighted by Crippen LogP contribution is -2.40. The summed E-state index contributed by atoms with van der Waals surface area (Å²) in [5.74, 6) is 0.0596. The smallest absolute Gasteiger partial charge is 0.260 e. The topological polar surface area (TPSA) is 151 Å². The van der Waals surface area contributed by atoms with Crippen LogP contribution in [0.1, 0.15) is 0 Å². The summed E-state index contributed by atoms with van der Waals surface area (Å²) in [5, 5.41) is 40.8. The van der Waals surface area contributed by atoms with Crippen LogP contribution in [0.5, 0.6) is 0 Å². The highest BCUT2D eigenvalue weighted by Gasteiger charge is 2.22. The number of aromatic nitrogens is 2. The first-order valence-electron chi connectivity index (χ1n) is 6.46. The van der Waals surface area contributed by atoms with E-state index in [1.165, 1.54) is 0 Å². The number of nitrogens with one attached hydrogen (secondary N) is 2. The summed E-state index contributed by atoms with van der Waals surface area (Å²) in [5.41, 5.74) is 2.53. The van der Waals surface area contributed by atoms with Crippen LogP contribution in [0.3, 0.4) is 0 Å². The lowest BCUT2D eigenvalue weighted by molar-refractivity contribution is -0.0541. The molecule has 0 spiro atoms. The number of benzene rings is 1. The van der Waals surface area contributed by atoms with Crippen LogP contribution in [0.4, 0.5) is 5.95 Å². The molecule has 0 radical (unpaired) electrons. The quantitative estimate of drug-likeness (QED) is 0.277. The van der Waals surface area contributed by atoms with Gasteiger partial charge in [-0.1, -0.05) is 12.1 Å². The van der Waals surface area contributed by atoms with Crippen molar-refractivity contribution < 1.29 is 20.4 Å². The second kappa shape index (κ2) is 7.09. The predicted octanol–water partition coefficient (Wildman–Crippen LogP) is -1.60. The number of rotatable bonds is 6. The predicted molar refractivity (Wildman–Crippen MR) is 79.6 cm³/mol. The number of aromatic amines is 1. The molecule has 2 rings (SSSR count). The average molecular weight is 308 g/mol. The van der Waals surface area contributed by atoms with Gasteiger partial charge in [0.2, 0.25) is 5.95 Å². The highest BCUT2D eigenvalue weighted by molar-refractivity contribution is 5.78. The summed E-state index contributed by atoms with van der Waals surface area (Å²) in [7, 11) is 0. The minimum Gasteiger partial charge on any atom is -0.394 e. The molecule has 0 saturated carbocycles.